The van der Waals surface area contributed by atoms with Crippen LogP contribution in [-0.4, -0.2) is 30.2 Å². The third-order valence-electron chi connectivity index (χ3n) is 5.19. The number of rotatable bonds is 7. The van der Waals surface area contributed by atoms with Gasteiger partial charge in [0.05, 0.1) is 0 Å². The minimum Gasteiger partial charge on any atom is -0.486 e. The van der Waals surface area contributed by atoms with Crippen LogP contribution in [0.1, 0.15) is 48.9 Å². The Morgan fingerprint density at radius 1 is 0.931 bits per heavy atom. The van der Waals surface area contributed by atoms with Gasteiger partial charge < -0.3 is 14.8 Å². The van der Waals surface area contributed by atoms with Gasteiger partial charge in [-0.3, -0.25) is 9.59 Å². The second kappa shape index (κ2) is 9.35. The summed E-state index contributed by atoms with van der Waals surface area (Å²) in [5.74, 6) is 0.995. The monoisotopic (exact) mass is 411 g/mol. The van der Waals surface area contributed by atoms with Gasteiger partial charge in [0.1, 0.15) is 13.2 Å². The molecule has 5 nitrogen and oxygen atoms in total. The van der Waals surface area contributed by atoms with Gasteiger partial charge in [-0.05, 0) is 55.3 Å². The molecule has 1 aliphatic heterocycles. The van der Waals surface area contributed by atoms with Crippen molar-refractivity contribution < 1.29 is 19.1 Å². The predicted octanol–water partition coefficient (Wildman–Crippen LogP) is 5.09. The Labute approximate surface area is 175 Å². The first-order valence-corrected chi connectivity index (χ1v) is 11.0. The van der Waals surface area contributed by atoms with E-state index in [1.165, 1.54) is 30.6 Å². The summed E-state index contributed by atoms with van der Waals surface area (Å²) in [5.41, 5.74) is 1.30. The van der Waals surface area contributed by atoms with E-state index in [-0.39, 0.29) is 24.5 Å². The molecular weight excluding hydrogens is 386 g/mol. The number of fused-ring (bicyclic) bond motifs is 1. The first kappa shape index (κ1) is 19.8. The molecule has 0 bridgehead atoms. The van der Waals surface area contributed by atoms with E-state index >= 15 is 0 Å². The number of carbonyl (C=O) groups is 2. The van der Waals surface area contributed by atoms with Crippen molar-refractivity contribution in [1.82, 2.24) is 0 Å². The Kier molecular flexibility index (Phi) is 6.39. The molecule has 0 saturated heterocycles. The van der Waals surface area contributed by atoms with Gasteiger partial charge in [-0.1, -0.05) is 12.8 Å². The lowest BCUT2D eigenvalue weighted by Crippen LogP contribution is -2.16. The second-order valence-electron chi connectivity index (χ2n) is 7.38. The highest BCUT2D eigenvalue weighted by Gasteiger charge is 2.17. The molecule has 1 aliphatic carbocycles. The molecule has 0 spiro atoms. The molecule has 6 heteroatoms. The van der Waals surface area contributed by atoms with Crippen LogP contribution in [0.5, 0.6) is 11.5 Å². The Bertz CT molecular complexity index is 875. The van der Waals surface area contributed by atoms with Crippen molar-refractivity contribution in [3.63, 3.8) is 0 Å². The number of amides is 1. The molecule has 1 fully saturated rings. The lowest BCUT2D eigenvalue weighted by atomic mass is 10.1. The lowest BCUT2D eigenvalue weighted by Gasteiger charge is -2.18. The minimum atomic E-state index is -0.160. The van der Waals surface area contributed by atoms with Gasteiger partial charge in [0.2, 0.25) is 5.91 Å². The summed E-state index contributed by atoms with van der Waals surface area (Å²) < 4.78 is 11.0. The van der Waals surface area contributed by atoms with Crippen molar-refractivity contribution >= 4 is 29.1 Å². The molecular formula is C23H25NO4S. The van der Waals surface area contributed by atoms with Crippen LogP contribution in [0.4, 0.5) is 5.69 Å². The number of hydrogen-bond donors (Lipinski definition) is 1. The molecule has 1 amide bonds. The van der Waals surface area contributed by atoms with Crippen LogP contribution in [0.2, 0.25) is 0 Å². The Morgan fingerprint density at radius 2 is 1.66 bits per heavy atom. The molecule has 29 heavy (non-hydrogen) atoms. The summed E-state index contributed by atoms with van der Waals surface area (Å²) in [5, 5.41) is 3.60. The van der Waals surface area contributed by atoms with Crippen molar-refractivity contribution in [1.29, 1.82) is 0 Å². The number of Topliss-reactive ketones (excluding diaryl/α,β-unsaturated/α-hetero) is 1. The third-order valence-corrected chi connectivity index (χ3v) is 6.54. The normalized spacial score (nSPS) is 15.9. The van der Waals surface area contributed by atoms with Crippen LogP contribution >= 0.6 is 11.8 Å². The molecule has 0 aromatic heterocycles. The fourth-order valence-electron chi connectivity index (χ4n) is 3.63. The number of ether oxygens (including phenoxy) is 2. The number of anilines is 1. The quantitative estimate of drug-likeness (QED) is 0.643. The van der Waals surface area contributed by atoms with Crippen molar-refractivity contribution in [3.05, 3.63) is 48.0 Å². The van der Waals surface area contributed by atoms with Crippen molar-refractivity contribution in [3.8, 4) is 11.5 Å². The molecule has 0 atom stereocenters. The van der Waals surface area contributed by atoms with Gasteiger partial charge in [-0.2, -0.15) is 0 Å². The van der Waals surface area contributed by atoms with E-state index < -0.39 is 0 Å². The number of ketones is 1. The predicted molar refractivity (Wildman–Crippen MR) is 114 cm³/mol. The number of thioether (sulfide) groups is 1. The molecule has 1 saturated carbocycles. The Morgan fingerprint density at radius 3 is 2.41 bits per heavy atom. The highest BCUT2D eigenvalue weighted by atomic mass is 32.2. The van der Waals surface area contributed by atoms with Crippen molar-refractivity contribution in [2.75, 3.05) is 18.5 Å². The summed E-state index contributed by atoms with van der Waals surface area (Å²) in [7, 11) is 0. The molecule has 0 radical (unpaired) electrons. The Hall–Kier alpha value is -2.47. The molecule has 2 aromatic carbocycles. The van der Waals surface area contributed by atoms with E-state index in [0.29, 0.717) is 30.3 Å². The first-order valence-electron chi connectivity index (χ1n) is 10.2. The zero-order valence-corrected chi connectivity index (χ0v) is 17.1. The SMILES string of the molecule is O=C(CCC(=O)c1ccc2c(c1)OCCO2)Nc1ccc(SC2CCCC2)cc1. The lowest BCUT2D eigenvalue weighted by molar-refractivity contribution is -0.116. The van der Waals surface area contributed by atoms with Crippen molar-refractivity contribution in [2.45, 2.75) is 48.7 Å². The molecule has 1 heterocycles. The molecule has 2 aliphatic rings. The highest BCUT2D eigenvalue weighted by molar-refractivity contribution is 8.00. The molecule has 152 valence electrons. The molecule has 2 aromatic rings. The van der Waals surface area contributed by atoms with Crippen LogP contribution in [-0.2, 0) is 4.79 Å². The first-order chi connectivity index (χ1) is 14.2. The van der Waals surface area contributed by atoms with Gasteiger partial charge in [0.15, 0.2) is 17.3 Å². The minimum absolute atomic E-state index is 0.0829. The van der Waals surface area contributed by atoms with Gasteiger partial charge in [-0.25, -0.2) is 0 Å². The highest BCUT2D eigenvalue weighted by Crippen LogP contribution is 2.35. The summed E-state index contributed by atoms with van der Waals surface area (Å²) in [6, 6.07) is 13.1. The summed E-state index contributed by atoms with van der Waals surface area (Å²) in [6.07, 6.45) is 5.54. The molecule has 0 unspecified atom stereocenters. The van der Waals surface area contributed by atoms with Gasteiger partial charge >= 0.3 is 0 Å². The van der Waals surface area contributed by atoms with Crippen molar-refractivity contribution in [2.24, 2.45) is 0 Å². The largest absolute Gasteiger partial charge is 0.486 e. The standard InChI is InChI=1S/C23H25NO4S/c25-20(16-5-11-21-22(15-16)28-14-13-27-21)10-12-23(26)24-17-6-8-19(9-7-17)29-18-3-1-2-4-18/h5-9,11,15,18H,1-4,10,12-14H2,(H,24,26). The maximum absolute atomic E-state index is 12.4. The molecule has 4 rings (SSSR count). The number of carbonyl (C=O) groups excluding carboxylic acids is 2. The topological polar surface area (TPSA) is 64.6 Å². The third kappa shape index (κ3) is 5.32. The average molecular weight is 412 g/mol. The summed E-state index contributed by atoms with van der Waals surface area (Å²) in [6.45, 7) is 0.992. The van der Waals surface area contributed by atoms with E-state index in [2.05, 4.69) is 17.4 Å². The maximum Gasteiger partial charge on any atom is 0.224 e. The van der Waals surface area contributed by atoms with E-state index in [9.17, 15) is 9.59 Å². The van der Waals surface area contributed by atoms with E-state index in [4.69, 9.17) is 9.47 Å². The zero-order chi connectivity index (χ0) is 20.1. The smallest absolute Gasteiger partial charge is 0.224 e. The fourth-order valence-corrected chi connectivity index (χ4v) is 4.87. The van der Waals surface area contributed by atoms with E-state index in [1.807, 2.05) is 23.9 Å². The van der Waals surface area contributed by atoms with Crippen LogP contribution in [0.15, 0.2) is 47.4 Å². The van der Waals surface area contributed by atoms with Crippen LogP contribution in [0, 0.1) is 0 Å². The van der Waals surface area contributed by atoms with Crippen LogP contribution < -0.4 is 14.8 Å². The average Bonchev–Trinajstić information content (AvgIpc) is 3.26. The Balaban J connectivity index is 1.25. The summed E-state index contributed by atoms with van der Waals surface area (Å²) >= 11 is 1.92. The second-order valence-corrected chi connectivity index (χ2v) is 8.75. The number of nitrogens with one attached hydrogen (secondary N) is 1. The van der Waals surface area contributed by atoms with E-state index in [0.717, 1.165) is 10.9 Å². The maximum atomic E-state index is 12.4. The zero-order valence-electron chi connectivity index (χ0n) is 16.3. The molecule has 1 N–H and O–H groups in total. The number of benzene rings is 2. The van der Waals surface area contributed by atoms with Crippen LogP contribution in [0.3, 0.4) is 0 Å². The van der Waals surface area contributed by atoms with Gasteiger partial charge in [0, 0.05) is 34.2 Å². The number of hydrogen-bond acceptors (Lipinski definition) is 5. The van der Waals surface area contributed by atoms with E-state index in [1.54, 1.807) is 18.2 Å². The fraction of sp³-hybridized carbons (Fsp3) is 0.391. The summed E-state index contributed by atoms with van der Waals surface area (Å²) in [4.78, 5) is 25.9. The van der Waals surface area contributed by atoms with Gasteiger partial charge in [-0.15, -0.1) is 11.8 Å². The van der Waals surface area contributed by atoms with Gasteiger partial charge in [0.25, 0.3) is 0 Å². The van der Waals surface area contributed by atoms with Crippen LogP contribution in [0.25, 0.3) is 0 Å².